The quantitative estimate of drug-likeness (QED) is 0.630. The monoisotopic (exact) mass is 503 g/mol. The number of ether oxygens (including phenoxy) is 1. The standard InChI is InChI=1S/C29H37N5O3/c1-3-33-12-10-21(17-33)31-28(35)20-5-9-26(30-16-20)34-23-6-7-24(34)15-22(14-23)32-29(36)25-8-4-19-11-13-37-27(19)18(25)2/h4-5,8-9,16,21-24H,3,6-7,10-15,17H2,1-2H3,(H,31,35)(H,32,36)/t21-,22?,23?,24?/m0/s1. The average Bonchev–Trinajstić information content (AvgIpc) is 3.62. The highest BCUT2D eigenvalue weighted by Gasteiger charge is 2.42. The number of nitrogens with zero attached hydrogens (tertiary/aromatic N) is 3. The Morgan fingerprint density at radius 1 is 1.03 bits per heavy atom. The van der Waals surface area contributed by atoms with Crippen molar-refractivity contribution < 1.29 is 14.3 Å². The van der Waals surface area contributed by atoms with Gasteiger partial charge in [0.25, 0.3) is 11.8 Å². The van der Waals surface area contributed by atoms with E-state index in [1.165, 1.54) is 5.56 Å². The molecule has 3 saturated heterocycles. The van der Waals surface area contributed by atoms with Gasteiger partial charge in [-0.25, -0.2) is 4.98 Å². The molecule has 37 heavy (non-hydrogen) atoms. The number of benzene rings is 1. The Labute approximate surface area is 218 Å². The summed E-state index contributed by atoms with van der Waals surface area (Å²) in [5.41, 5.74) is 3.46. The van der Waals surface area contributed by atoms with Gasteiger partial charge in [-0.1, -0.05) is 13.0 Å². The minimum atomic E-state index is -0.0429. The van der Waals surface area contributed by atoms with Crippen molar-refractivity contribution in [2.45, 2.75) is 76.5 Å². The predicted molar refractivity (Wildman–Crippen MR) is 142 cm³/mol. The zero-order valence-corrected chi connectivity index (χ0v) is 21.8. The molecule has 8 nitrogen and oxygen atoms in total. The van der Waals surface area contributed by atoms with Gasteiger partial charge >= 0.3 is 0 Å². The molecule has 2 unspecified atom stereocenters. The van der Waals surface area contributed by atoms with Crippen LogP contribution in [0.3, 0.4) is 0 Å². The molecular formula is C29H37N5O3. The largest absolute Gasteiger partial charge is 0.493 e. The first-order valence-electron chi connectivity index (χ1n) is 13.8. The van der Waals surface area contributed by atoms with Crippen LogP contribution in [-0.2, 0) is 6.42 Å². The third-order valence-corrected chi connectivity index (χ3v) is 8.75. The molecule has 2 amide bonds. The maximum Gasteiger partial charge on any atom is 0.253 e. The highest BCUT2D eigenvalue weighted by Crippen LogP contribution is 2.39. The lowest BCUT2D eigenvalue weighted by Crippen LogP contribution is -2.50. The molecule has 0 radical (unpaired) electrons. The lowest BCUT2D eigenvalue weighted by atomic mass is 9.96. The van der Waals surface area contributed by atoms with E-state index >= 15 is 0 Å². The number of rotatable bonds is 6. The molecule has 3 fully saturated rings. The molecule has 0 aliphatic carbocycles. The van der Waals surface area contributed by atoms with Gasteiger partial charge in [0.1, 0.15) is 11.6 Å². The van der Waals surface area contributed by atoms with Crippen molar-refractivity contribution in [1.29, 1.82) is 0 Å². The molecule has 1 aromatic heterocycles. The molecule has 4 aliphatic rings. The van der Waals surface area contributed by atoms with Gasteiger partial charge < -0.3 is 25.2 Å². The van der Waals surface area contributed by atoms with Crippen molar-refractivity contribution in [3.63, 3.8) is 0 Å². The van der Waals surface area contributed by atoms with E-state index in [0.29, 0.717) is 29.8 Å². The topological polar surface area (TPSA) is 86.8 Å². The molecule has 2 aromatic rings. The lowest BCUT2D eigenvalue weighted by Gasteiger charge is -2.40. The fraction of sp³-hybridized carbons (Fsp3) is 0.552. The van der Waals surface area contributed by atoms with E-state index in [1.54, 1.807) is 6.20 Å². The van der Waals surface area contributed by atoms with E-state index in [-0.39, 0.29) is 23.9 Å². The Bertz CT molecular complexity index is 1170. The number of piperidine rings is 1. The third-order valence-electron chi connectivity index (χ3n) is 8.75. The second-order valence-electron chi connectivity index (χ2n) is 11.0. The van der Waals surface area contributed by atoms with Crippen LogP contribution in [0, 0.1) is 6.92 Å². The van der Waals surface area contributed by atoms with Crippen molar-refractivity contribution in [3.05, 3.63) is 52.7 Å². The van der Waals surface area contributed by atoms with Crippen molar-refractivity contribution in [3.8, 4) is 5.75 Å². The van der Waals surface area contributed by atoms with Crippen LogP contribution in [0.25, 0.3) is 0 Å². The molecule has 2 N–H and O–H groups in total. The number of carbonyl (C=O) groups excluding carboxylic acids is 2. The fourth-order valence-corrected chi connectivity index (χ4v) is 6.77. The molecular weight excluding hydrogens is 466 g/mol. The molecule has 3 atom stereocenters. The van der Waals surface area contributed by atoms with E-state index in [2.05, 4.69) is 27.4 Å². The summed E-state index contributed by atoms with van der Waals surface area (Å²) in [5.74, 6) is 1.76. The van der Waals surface area contributed by atoms with Gasteiger partial charge in [0.05, 0.1) is 12.2 Å². The molecule has 6 rings (SSSR count). The zero-order chi connectivity index (χ0) is 25.5. The number of nitrogens with one attached hydrogen (secondary N) is 2. The molecule has 196 valence electrons. The first-order valence-corrected chi connectivity index (χ1v) is 13.8. The highest BCUT2D eigenvalue weighted by atomic mass is 16.5. The maximum absolute atomic E-state index is 13.1. The second kappa shape index (κ2) is 9.97. The number of amides is 2. The Morgan fingerprint density at radius 3 is 2.51 bits per heavy atom. The summed E-state index contributed by atoms with van der Waals surface area (Å²) < 4.78 is 5.76. The van der Waals surface area contributed by atoms with Crippen LogP contribution < -0.4 is 20.3 Å². The van der Waals surface area contributed by atoms with Gasteiger partial charge in [-0.2, -0.15) is 0 Å². The summed E-state index contributed by atoms with van der Waals surface area (Å²) in [5, 5.41) is 6.47. The van der Waals surface area contributed by atoms with Crippen molar-refractivity contribution >= 4 is 17.6 Å². The van der Waals surface area contributed by atoms with Gasteiger partial charge in [-0.3, -0.25) is 9.59 Å². The van der Waals surface area contributed by atoms with E-state index in [4.69, 9.17) is 9.72 Å². The van der Waals surface area contributed by atoms with Gasteiger partial charge in [0.2, 0.25) is 0 Å². The van der Waals surface area contributed by atoms with E-state index in [0.717, 1.165) is 75.3 Å². The number of hydrogen-bond acceptors (Lipinski definition) is 6. The molecule has 1 aromatic carbocycles. The number of likely N-dealkylation sites (N-methyl/N-ethyl adjacent to an activating group) is 1. The predicted octanol–water partition coefficient (Wildman–Crippen LogP) is 3.08. The minimum Gasteiger partial charge on any atom is -0.493 e. The Hall–Kier alpha value is -3.13. The number of likely N-dealkylation sites (tertiary alicyclic amines) is 1. The number of pyridine rings is 1. The molecule has 8 heteroatoms. The zero-order valence-electron chi connectivity index (χ0n) is 21.8. The maximum atomic E-state index is 13.1. The summed E-state index contributed by atoms with van der Waals surface area (Å²) in [7, 11) is 0. The van der Waals surface area contributed by atoms with Crippen LogP contribution >= 0.6 is 0 Å². The summed E-state index contributed by atoms with van der Waals surface area (Å²) in [6, 6.07) is 8.91. The van der Waals surface area contributed by atoms with E-state index < -0.39 is 0 Å². The van der Waals surface area contributed by atoms with Crippen molar-refractivity contribution in [2.75, 3.05) is 31.1 Å². The normalized spacial score (nSPS) is 26.6. The molecule has 2 bridgehead atoms. The Kier molecular flexibility index (Phi) is 6.53. The van der Waals surface area contributed by atoms with Crippen LogP contribution in [0.4, 0.5) is 5.82 Å². The number of aromatic nitrogens is 1. The van der Waals surface area contributed by atoms with Gasteiger partial charge in [-0.05, 0) is 69.3 Å². The van der Waals surface area contributed by atoms with Crippen LogP contribution in [0.2, 0.25) is 0 Å². The van der Waals surface area contributed by atoms with Gasteiger partial charge in [0, 0.05) is 61.0 Å². The molecule has 0 saturated carbocycles. The smallest absolute Gasteiger partial charge is 0.253 e. The SMILES string of the molecule is CCN1CC[C@H](NC(=O)c2ccc(N3C4CCC3CC(NC(=O)c3ccc5c(c3C)OCC5)C4)nc2)C1. The fourth-order valence-electron chi connectivity index (χ4n) is 6.77. The van der Waals surface area contributed by atoms with E-state index in [9.17, 15) is 9.59 Å². The minimum absolute atomic E-state index is 0.00791. The average molecular weight is 504 g/mol. The number of fused-ring (bicyclic) bond motifs is 3. The van der Waals surface area contributed by atoms with Crippen LogP contribution in [0.5, 0.6) is 5.75 Å². The number of carbonyl (C=O) groups is 2. The van der Waals surface area contributed by atoms with E-state index in [1.807, 2.05) is 31.2 Å². The van der Waals surface area contributed by atoms with Gasteiger partial charge in [0.15, 0.2) is 0 Å². The summed E-state index contributed by atoms with van der Waals surface area (Å²) in [6.45, 7) is 7.81. The summed E-state index contributed by atoms with van der Waals surface area (Å²) in [4.78, 5) is 35.4. The number of hydrogen-bond donors (Lipinski definition) is 2. The lowest BCUT2D eigenvalue weighted by molar-refractivity contribution is 0.0922. The summed E-state index contributed by atoms with van der Waals surface area (Å²) in [6.07, 6.45) is 7.63. The Morgan fingerprint density at radius 2 is 1.81 bits per heavy atom. The van der Waals surface area contributed by atoms with Crippen LogP contribution in [-0.4, -0.2) is 72.1 Å². The van der Waals surface area contributed by atoms with Crippen LogP contribution in [0.1, 0.15) is 70.9 Å². The molecule has 5 heterocycles. The molecule has 4 aliphatic heterocycles. The first-order chi connectivity index (χ1) is 18.0. The van der Waals surface area contributed by atoms with Crippen LogP contribution in [0.15, 0.2) is 30.5 Å². The second-order valence-corrected chi connectivity index (χ2v) is 11.0. The van der Waals surface area contributed by atoms with Gasteiger partial charge in [-0.15, -0.1) is 0 Å². The molecule has 0 spiro atoms. The Balaban J connectivity index is 1.07. The summed E-state index contributed by atoms with van der Waals surface area (Å²) >= 11 is 0. The first kappa shape index (κ1) is 24.2. The third kappa shape index (κ3) is 4.67. The number of anilines is 1. The highest BCUT2D eigenvalue weighted by molar-refractivity contribution is 5.97. The van der Waals surface area contributed by atoms with Crippen molar-refractivity contribution in [1.82, 2.24) is 20.5 Å². The van der Waals surface area contributed by atoms with Crippen molar-refractivity contribution in [2.24, 2.45) is 0 Å².